The van der Waals surface area contributed by atoms with Crippen LogP contribution in [0.4, 0.5) is 17.2 Å². The largest absolute Gasteiger partial charge is 0.493 e. The number of amides is 1. The molecule has 0 unspecified atom stereocenters. The lowest BCUT2D eigenvalue weighted by molar-refractivity contribution is -0.121. The molecule has 7 N–H and O–H groups in total. The second-order valence-electron chi connectivity index (χ2n) is 7.52. The number of benzene rings is 2. The Labute approximate surface area is 202 Å². The van der Waals surface area contributed by atoms with Crippen molar-refractivity contribution < 1.29 is 19.0 Å². The minimum atomic E-state index is -0.534. The number of hydrazine groups is 1. The molecule has 1 amide bonds. The van der Waals surface area contributed by atoms with E-state index in [0.29, 0.717) is 36.8 Å². The van der Waals surface area contributed by atoms with E-state index >= 15 is 0 Å². The van der Waals surface area contributed by atoms with Crippen LogP contribution in [0, 0.1) is 0 Å². The first-order valence-electron chi connectivity index (χ1n) is 11.1. The Morgan fingerprint density at radius 3 is 2.57 bits per heavy atom. The average molecular weight is 483 g/mol. The molecule has 0 bridgehead atoms. The number of nitrogens with one attached hydrogen (secondary N) is 3. The van der Waals surface area contributed by atoms with E-state index in [4.69, 9.17) is 25.8 Å². The van der Waals surface area contributed by atoms with Gasteiger partial charge < -0.3 is 35.7 Å². The maximum Gasteiger partial charge on any atom is 0.278 e. The quantitative estimate of drug-likeness (QED) is 0.139. The van der Waals surface area contributed by atoms with Crippen LogP contribution >= 0.6 is 0 Å². The van der Waals surface area contributed by atoms with Crippen LogP contribution in [0.25, 0.3) is 11.4 Å². The molecular weight excluding hydrogens is 452 g/mol. The highest BCUT2D eigenvalue weighted by Crippen LogP contribution is 2.31. The predicted octanol–water partition coefficient (Wildman–Crippen LogP) is 2.27. The molecule has 0 aliphatic rings. The number of nitrogen functional groups attached to an aromatic ring is 2. The first kappa shape index (κ1) is 25.7. The number of hydrogen-bond acceptors (Lipinski definition) is 9. The number of aromatic nitrogens is 2. The number of nitrogens with two attached hydrogens (primary N) is 2. The molecule has 0 atom stereocenters. The van der Waals surface area contributed by atoms with Crippen molar-refractivity contribution in [2.75, 3.05) is 42.9 Å². The van der Waals surface area contributed by atoms with Crippen molar-refractivity contribution in [1.82, 2.24) is 9.97 Å². The van der Waals surface area contributed by atoms with E-state index in [-0.39, 0.29) is 36.5 Å². The van der Waals surface area contributed by atoms with Gasteiger partial charge in [-0.2, -0.15) is 0 Å². The zero-order valence-electron chi connectivity index (χ0n) is 19.5. The van der Waals surface area contributed by atoms with Gasteiger partial charge in [-0.05, 0) is 30.2 Å². The number of nitrogens with zero attached hydrogens (tertiary/aromatic N) is 1. The lowest BCUT2D eigenvalue weighted by atomic mass is 10.1. The van der Waals surface area contributed by atoms with Crippen LogP contribution in [0.15, 0.2) is 53.3 Å². The highest BCUT2D eigenvalue weighted by atomic mass is 16.5. The van der Waals surface area contributed by atoms with Crippen molar-refractivity contribution >= 4 is 23.1 Å². The van der Waals surface area contributed by atoms with Gasteiger partial charge in [0, 0.05) is 5.69 Å². The van der Waals surface area contributed by atoms with Crippen LogP contribution in [-0.2, 0) is 20.9 Å². The molecule has 3 aromatic rings. The molecule has 35 heavy (non-hydrogen) atoms. The number of hydrogen-bond donors (Lipinski definition) is 5. The summed E-state index contributed by atoms with van der Waals surface area (Å²) in [5, 5.41) is 2.76. The minimum absolute atomic E-state index is 0.0425. The normalized spacial score (nSPS) is 10.7. The van der Waals surface area contributed by atoms with Crippen LogP contribution in [0.5, 0.6) is 5.75 Å². The number of rotatable bonds is 13. The fourth-order valence-electron chi connectivity index (χ4n) is 3.13. The topological polar surface area (TPSA) is 167 Å². The molecule has 11 nitrogen and oxygen atoms in total. The average Bonchev–Trinajstić information content (AvgIpc) is 2.85. The van der Waals surface area contributed by atoms with Crippen molar-refractivity contribution in [3.8, 4) is 17.1 Å². The van der Waals surface area contributed by atoms with Gasteiger partial charge in [-0.25, -0.2) is 4.98 Å². The first-order chi connectivity index (χ1) is 17.0. The summed E-state index contributed by atoms with van der Waals surface area (Å²) >= 11 is 0. The fraction of sp³-hybridized carbons (Fsp3) is 0.292. The zero-order chi connectivity index (χ0) is 25.0. The number of carbonyl (C=O) groups is 1. The van der Waals surface area contributed by atoms with Crippen LogP contribution in [0.1, 0.15) is 18.9 Å². The van der Waals surface area contributed by atoms with Crippen LogP contribution in [0.2, 0.25) is 0 Å². The van der Waals surface area contributed by atoms with E-state index in [0.717, 1.165) is 12.0 Å². The summed E-state index contributed by atoms with van der Waals surface area (Å²) in [6, 6.07) is 14.8. The maximum atomic E-state index is 12.3. The molecule has 0 spiro atoms. The van der Waals surface area contributed by atoms with Gasteiger partial charge in [-0.1, -0.05) is 37.3 Å². The Hall–Kier alpha value is -3.93. The molecule has 2 aromatic carbocycles. The summed E-state index contributed by atoms with van der Waals surface area (Å²) in [7, 11) is 0. The van der Waals surface area contributed by atoms with Gasteiger partial charge in [-0.3, -0.25) is 15.4 Å². The van der Waals surface area contributed by atoms with Gasteiger partial charge in [0.15, 0.2) is 11.5 Å². The van der Waals surface area contributed by atoms with Crippen molar-refractivity contribution in [1.29, 1.82) is 0 Å². The summed E-state index contributed by atoms with van der Waals surface area (Å²) in [6.07, 6.45) is 0.784. The van der Waals surface area contributed by atoms with Crippen molar-refractivity contribution in [3.05, 3.63) is 64.4 Å². The van der Waals surface area contributed by atoms with E-state index in [1.807, 2.05) is 37.3 Å². The lowest BCUT2D eigenvalue weighted by Gasteiger charge is -2.14. The smallest absolute Gasteiger partial charge is 0.278 e. The summed E-state index contributed by atoms with van der Waals surface area (Å²) in [4.78, 5) is 31.5. The maximum absolute atomic E-state index is 12.3. The third-order valence-corrected chi connectivity index (χ3v) is 4.79. The molecule has 186 valence electrons. The predicted molar refractivity (Wildman–Crippen MR) is 134 cm³/mol. The number of anilines is 3. The second kappa shape index (κ2) is 13.1. The Morgan fingerprint density at radius 2 is 1.86 bits per heavy atom. The van der Waals surface area contributed by atoms with Gasteiger partial charge >= 0.3 is 0 Å². The molecule has 0 fully saturated rings. The van der Waals surface area contributed by atoms with Crippen molar-refractivity contribution in [2.45, 2.75) is 20.0 Å². The van der Waals surface area contributed by atoms with Crippen molar-refractivity contribution in [3.63, 3.8) is 0 Å². The van der Waals surface area contributed by atoms with Crippen LogP contribution in [0.3, 0.4) is 0 Å². The molecule has 1 aromatic heterocycles. The number of H-pyrrole nitrogens is 1. The monoisotopic (exact) mass is 482 g/mol. The van der Waals surface area contributed by atoms with E-state index in [1.54, 1.807) is 18.2 Å². The van der Waals surface area contributed by atoms with E-state index < -0.39 is 5.56 Å². The fourth-order valence-corrected chi connectivity index (χ4v) is 3.13. The molecule has 0 saturated carbocycles. The standard InChI is InChI=1S/C24H30N6O5/c1-2-10-35-19-9-8-17(13-18(19)23-28-22(25)21(30-26)24(32)29-23)27-20(31)15-34-12-11-33-14-16-6-4-3-5-7-16/h3-9,13,30H,2,10-12,14-15,26H2,1H3,(H,27,31)(H3,25,28,29,32). The molecule has 0 radical (unpaired) electrons. The summed E-state index contributed by atoms with van der Waals surface area (Å²) in [5.74, 6) is 5.58. The van der Waals surface area contributed by atoms with Gasteiger partial charge in [0.05, 0.1) is 32.0 Å². The molecule has 11 heteroatoms. The molecule has 0 saturated heterocycles. The van der Waals surface area contributed by atoms with Crippen LogP contribution < -0.4 is 32.6 Å². The van der Waals surface area contributed by atoms with E-state index in [9.17, 15) is 9.59 Å². The highest BCUT2D eigenvalue weighted by molar-refractivity contribution is 5.92. The lowest BCUT2D eigenvalue weighted by Crippen LogP contribution is -2.22. The molecule has 3 rings (SSSR count). The summed E-state index contributed by atoms with van der Waals surface area (Å²) < 4.78 is 16.7. The van der Waals surface area contributed by atoms with Gasteiger partial charge in [0.2, 0.25) is 5.91 Å². The minimum Gasteiger partial charge on any atom is -0.493 e. The van der Waals surface area contributed by atoms with Gasteiger partial charge in [-0.15, -0.1) is 0 Å². The molecular formula is C24H30N6O5. The molecule has 0 aliphatic heterocycles. The Kier molecular flexibility index (Phi) is 9.60. The van der Waals surface area contributed by atoms with Gasteiger partial charge in [0.25, 0.3) is 5.56 Å². The third kappa shape index (κ3) is 7.54. The molecule has 0 aliphatic carbocycles. The van der Waals surface area contributed by atoms with E-state index in [1.165, 1.54) is 0 Å². The second-order valence-corrected chi connectivity index (χ2v) is 7.52. The van der Waals surface area contributed by atoms with E-state index in [2.05, 4.69) is 20.7 Å². The zero-order valence-corrected chi connectivity index (χ0v) is 19.5. The summed E-state index contributed by atoms with van der Waals surface area (Å²) in [6.45, 7) is 3.42. The SMILES string of the molecule is CCCOc1ccc(NC(=O)COCCOCc2ccccc2)cc1-c1nc(N)c(NN)c(=O)[nH]1. The third-order valence-electron chi connectivity index (χ3n) is 4.79. The number of aromatic amines is 1. The van der Waals surface area contributed by atoms with Crippen LogP contribution in [-0.4, -0.2) is 42.3 Å². The first-order valence-corrected chi connectivity index (χ1v) is 11.1. The summed E-state index contributed by atoms with van der Waals surface area (Å²) in [5.41, 5.74) is 9.50. The Balaban J connectivity index is 1.60. The number of carbonyl (C=O) groups excluding carboxylic acids is 1. The van der Waals surface area contributed by atoms with Crippen molar-refractivity contribution in [2.24, 2.45) is 5.84 Å². The Bertz CT molecular complexity index is 1170. The highest BCUT2D eigenvalue weighted by Gasteiger charge is 2.15. The number of ether oxygens (including phenoxy) is 3. The molecule has 1 heterocycles. The Morgan fingerprint density at radius 1 is 1.09 bits per heavy atom. The van der Waals surface area contributed by atoms with Gasteiger partial charge in [0.1, 0.15) is 18.2 Å².